The van der Waals surface area contributed by atoms with Crippen molar-refractivity contribution >= 4 is 0 Å². The van der Waals surface area contributed by atoms with Crippen molar-refractivity contribution in [3.8, 4) is 16.9 Å². The van der Waals surface area contributed by atoms with Crippen LogP contribution in [-0.2, 0) is 4.74 Å². The Morgan fingerprint density at radius 1 is 0.750 bits per heavy atom. The van der Waals surface area contributed by atoms with Crippen LogP contribution in [0.3, 0.4) is 0 Å². The van der Waals surface area contributed by atoms with E-state index >= 15 is 8.78 Å². The number of hydrogen-bond donors (Lipinski definition) is 0. The van der Waals surface area contributed by atoms with E-state index in [-0.39, 0.29) is 29.4 Å². The molecule has 0 aromatic heterocycles. The molecule has 0 heterocycles. The highest BCUT2D eigenvalue weighted by Crippen LogP contribution is 2.44. The molecule has 0 unspecified atom stereocenters. The number of hydrogen-bond acceptors (Lipinski definition) is 2. The predicted molar refractivity (Wildman–Crippen MR) is 134 cm³/mol. The van der Waals surface area contributed by atoms with Crippen molar-refractivity contribution in [2.24, 2.45) is 11.8 Å². The fourth-order valence-electron chi connectivity index (χ4n) is 6.01. The average molecular weight is 505 g/mol. The highest BCUT2D eigenvalue weighted by atomic mass is 19.2. The minimum Gasteiger partial charge on any atom is -0.491 e. The standard InChI is InChI=1S/C30H36F4O2/c1-3-5-18-36-22-12-10-20(11-13-22)19-6-8-21(9-7-19)23-14-15-24(28(32)27(23)31)25-16-17-26(35-4-2)30(34)29(25)33/h3,5,14-17,19-22H,4,6-13,18H2,1-2H3/b5-3+. The number of ether oxygens (including phenoxy) is 2. The third kappa shape index (κ3) is 5.80. The smallest absolute Gasteiger partial charge is 0.201 e. The van der Waals surface area contributed by atoms with E-state index in [1.165, 1.54) is 18.2 Å². The summed E-state index contributed by atoms with van der Waals surface area (Å²) in [4.78, 5) is 0. The quantitative estimate of drug-likeness (QED) is 0.264. The minimum absolute atomic E-state index is 0.0628. The van der Waals surface area contributed by atoms with Crippen LogP contribution in [0.4, 0.5) is 17.6 Å². The largest absolute Gasteiger partial charge is 0.491 e. The van der Waals surface area contributed by atoms with Crippen molar-refractivity contribution in [3.63, 3.8) is 0 Å². The summed E-state index contributed by atoms with van der Waals surface area (Å²) < 4.78 is 70.1. The second-order valence-corrected chi connectivity index (χ2v) is 10.1. The lowest BCUT2D eigenvalue weighted by molar-refractivity contribution is 0.0222. The Balaban J connectivity index is 1.39. The van der Waals surface area contributed by atoms with Crippen LogP contribution in [0.2, 0.25) is 0 Å². The van der Waals surface area contributed by atoms with Crippen LogP contribution in [0.5, 0.6) is 5.75 Å². The summed E-state index contributed by atoms with van der Waals surface area (Å²) in [5, 5.41) is 0. The van der Waals surface area contributed by atoms with E-state index in [0.29, 0.717) is 30.1 Å². The van der Waals surface area contributed by atoms with Crippen LogP contribution in [0.15, 0.2) is 36.4 Å². The molecule has 196 valence electrons. The lowest BCUT2D eigenvalue weighted by atomic mass is 9.69. The fraction of sp³-hybridized carbons (Fsp3) is 0.533. The second kappa shape index (κ2) is 12.3. The Labute approximate surface area is 211 Å². The zero-order valence-electron chi connectivity index (χ0n) is 21.2. The first-order chi connectivity index (χ1) is 17.4. The van der Waals surface area contributed by atoms with Crippen molar-refractivity contribution < 1.29 is 27.0 Å². The van der Waals surface area contributed by atoms with E-state index < -0.39 is 23.3 Å². The van der Waals surface area contributed by atoms with E-state index in [9.17, 15) is 8.78 Å². The molecule has 0 saturated heterocycles. The zero-order chi connectivity index (χ0) is 25.7. The summed E-state index contributed by atoms with van der Waals surface area (Å²) in [6.45, 7) is 4.49. The van der Waals surface area contributed by atoms with Crippen molar-refractivity contribution in [1.29, 1.82) is 0 Å². The minimum atomic E-state index is -1.24. The fourth-order valence-corrected chi connectivity index (χ4v) is 6.01. The summed E-state index contributed by atoms with van der Waals surface area (Å²) in [5.41, 5.74) is -0.256. The molecule has 0 atom stereocenters. The number of allylic oxidation sites excluding steroid dienone is 1. The van der Waals surface area contributed by atoms with Crippen molar-refractivity contribution in [1.82, 2.24) is 0 Å². The van der Waals surface area contributed by atoms with Gasteiger partial charge in [0.1, 0.15) is 0 Å². The number of benzene rings is 2. The molecule has 0 radical (unpaired) electrons. The van der Waals surface area contributed by atoms with Gasteiger partial charge in [-0.3, -0.25) is 0 Å². The van der Waals surface area contributed by atoms with Crippen molar-refractivity contribution in [2.75, 3.05) is 13.2 Å². The van der Waals surface area contributed by atoms with Gasteiger partial charge in [0.05, 0.1) is 19.3 Å². The normalized spacial score (nSPS) is 24.8. The monoisotopic (exact) mass is 504 g/mol. The SMILES string of the molecule is C/C=C/COC1CCC(C2CCC(c3ccc(-c4ccc(OCC)c(F)c4F)c(F)c3F)CC2)CC1. The summed E-state index contributed by atoms with van der Waals surface area (Å²) in [5.74, 6) is -3.55. The molecular formula is C30H36F4O2. The molecule has 2 saturated carbocycles. The van der Waals surface area contributed by atoms with Crippen LogP contribution in [0, 0.1) is 35.1 Å². The highest BCUT2D eigenvalue weighted by molar-refractivity contribution is 5.66. The molecule has 4 rings (SSSR count). The Kier molecular flexibility index (Phi) is 9.10. The van der Waals surface area contributed by atoms with E-state index in [1.807, 2.05) is 19.1 Å². The molecule has 0 bridgehead atoms. The van der Waals surface area contributed by atoms with Crippen LogP contribution in [0.1, 0.15) is 76.7 Å². The first-order valence-corrected chi connectivity index (χ1v) is 13.3. The van der Waals surface area contributed by atoms with Crippen LogP contribution < -0.4 is 4.74 Å². The molecule has 2 aromatic rings. The first kappa shape index (κ1) is 26.7. The zero-order valence-corrected chi connectivity index (χ0v) is 21.2. The maximum atomic E-state index is 15.2. The van der Waals surface area contributed by atoms with Gasteiger partial charge in [-0.25, -0.2) is 13.2 Å². The molecule has 2 fully saturated rings. The van der Waals surface area contributed by atoms with Gasteiger partial charge in [-0.2, -0.15) is 4.39 Å². The predicted octanol–water partition coefficient (Wildman–Crippen LogP) is 8.73. The third-order valence-electron chi connectivity index (χ3n) is 8.01. The summed E-state index contributed by atoms with van der Waals surface area (Å²) in [6, 6.07) is 5.38. The van der Waals surface area contributed by atoms with Gasteiger partial charge in [-0.15, -0.1) is 0 Å². The van der Waals surface area contributed by atoms with Gasteiger partial charge in [0, 0.05) is 11.1 Å². The van der Waals surface area contributed by atoms with Crippen LogP contribution in [-0.4, -0.2) is 19.3 Å². The summed E-state index contributed by atoms with van der Waals surface area (Å²) >= 11 is 0. The lowest BCUT2D eigenvalue weighted by Crippen LogP contribution is -2.28. The van der Waals surface area contributed by atoms with Gasteiger partial charge < -0.3 is 9.47 Å². The molecule has 0 N–H and O–H groups in total. The molecule has 0 amide bonds. The highest BCUT2D eigenvalue weighted by Gasteiger charge is 2.33. The number of halogens is 4. The third-order valence-corrected chi connectivity index (χ3v) is 8.01. The Morgan fingerprint density at radius 2 is 1.33 bits per heavy atom. The van der Waals surface area contributed by atoms with E-state index in [2.05, 4.69) is 0 Å². The van der Waals surface area contributed by atoms with Gasteiger partial charge in [-0.1, -0.05) is 24.3 Å². The van der Waals surface area contributed by atoms with E-state index in [4.69, 9.17) is 9.47 Å². The summed E-state index contributed by atoms with van der Waals surface area (Å²) in [6.07, 6.45) is 12.5. The van der Waals surface area contributed by atoms with Crippen molar-refractivity contribution in [2.45, 2.75) is 77.2 Å². The first-order valence-electron chi connectivity index (χ1n) is 13.3. The molecule has 2 nitrogen and oxygen atoms in total. The van der Waals surface area contributed by atoms with Gasteiger partial charge in [0.25, 0.3) is 0 Å². The maximum Gasteiger partial charge on any atom is 0.201 e. The molecule has 2 aromatic carbocycles. The topological polar surface area (TPSA) is 18.5 Å². The molecule has 6 heteroatoms. The number of rotatable bonds is 8. The Bertz CT molecular complexity index is 1050. The van der Waals surface area contributed by atoms with Gasteiger partial charge >= 0.3 is 0 Å². The Hall–Kier alpha value is -2.34. The molecule has 2 aliphatic rings. The Morgan fingerprint density at radius 3 is 1.94 bits per heavy atom. The average Bonchev–Trinajstić information content (AvgIpc) is 2.90. The molecule has 36 heavy (non-hydrogen) atoms. The van der Waals surface area contributed by atoms with Crippen molar-refractivity contribution in [3.05, 3.63) is 65.2 Å². The van der Waals surface area contributed by atoms with E-state index in [1.54, 1.807) is 13.0 Å². The molecule has 2 aliphatic carbocycles. The van der Waals surface area contributed by atoms with Gasteiger partial charge in [0.15, 0.2) is 23.2 Å². The lowest BCUT2D eigenvalue weighted by Gasteiger charge is -2.38. The molecule has 0 aliphatic heterocycles. The van der Waals surface area contributed by atoms with Gasteiger partial charge in [-0.05, 0) is 101 Å². The summed E-state index contributed by atoms with van der Waals surface area (Å²) in [7, 11) is 0. The van der Waals surface area contributed by atoms with Crippen LogP contribution >= 0.6 is 0 Å². The maximum absolute atomic E-state index is 15.2. The molecular weight excluding hydrogens is 468 g/mol. The van der Waals surface area contributed by atoms with E-state index in [0.717, 1.165) is 51.4 Å². The van der Waals surface area contributed by atoms with Gasteiger partial charge in [0.2, 0.25) is 5.82 Å². The molecule has 0 spiro atoms. The van der Waals surface area contributed by atoms with Crippen LogP contribution in [0.25, 0.3) is 11.1 Å². The second-order valence-electron chi connectivity index (χ2n) is 10.1.